The molecule has 1 aromatic carbocycles. The lowest BCUT2D eigenvalue weighted by Gasteiger charge is -2.09. The number of benzene rings is 1. The highest BCUT2D eigenvalue weighted by Crippen LogP contribution is 2.19. The van der Waals surface area contributed by atoms with Crippen molar-refractivity contribution in [3.63, 3.8) is 0 Å². The van der Waals surface area contributed by atoms with Gasteiger partial charge >= 0.3 is 0 Å². The van der Waals surface area contributed by atoms with Gasteiger partial charge < -0.3 is 10.1 Å². The van der Waals surface area contributed by atoms with Gasteiger partial charge in [0, 0.05) is 12.7 Å². The van der Waals surface area contributed by atoms with Crippen molar-refractivity contribution in [2.24, 2.45) is 0 Å². The number of nitrogens with one attached hydrogen (secondary N) is 1. The van der Waals surface area contributed by atoms with Crippen molar-refractivity contribution in [2.45, 2.75) is 32.7 Å². The first-order valence-electron chi connectivity index (χ1n) is 7.35. The Morgan fingerprint density at radius 3 is 2.67 bits per heavy atom. The summed E-state index contributed by atoms with van der Waals surface area (Å²) in [7, 11) is 0. The highest BCUT2D eigenvalue weighted by atomic mass is 35.5. The Labute approximate surface area is 131 Å². The molecule has 1 N–H and O–H groups in total. The number of unbranched alkanes of at least 4 members (excludes halogenated alkanes) is 2. The summed E-state index contributed by atoms with van der Waals surface area (Å²) in [5.74, 6) is 0.925. The molecule has 2 aromatic rings. The molecule has 0 saturated heterocycles. The molecule has 0 radical (unpaired) electrons. The highest BCUT2D eigenvalue weighted by Gasteiger charge is 2.00. The van der Waals surface area contributed by atoms with Crippen LogP contribution in [0.25, 0.3) is 0 Å². The van der Waals surface area contributed by atoms with Gasteiger partial charge in [-0.15, -0.1) is 0 Å². The second-order valence-electron chi connectivity index (χ2n) is 4.89. The van der Waals surface area contributed by atoms with Crippen molar-refractivity contribution in [3.8, 4) is 5.75 Å². The van der Waals surface area contributed by atoms with Crippen LogP contribution in [0.1, 0.15) is 31.7 Å². The lowest BCUT2D eigenvalue weighted by Crippen LogP contribution is -2.01. The molecule has 0 atom stereocenters. The fourth-order valence-corrected chi connectivity index (χ4v) is 2.15. The number of rotatable bonds is 8. The second-order valence-corrected chi connectivity index (χ2v) is 5.25. The van der Waals surface area contributed by atoms with E-state index in [1.54, 1.807) is 6.20 Å². The minimum atomic E-state index is 0.494. The minimum Gasteiger partial charge on any atom is -0.494 e. The molecule has 0 spiro atoms. The SMILES string of the molecule is CCCCCOc1ccc(CNc2cccnc2Cl)cc1. The van der Waals surface area contributed by atoms with E-state index in [1.165, 1.54) is 18.4 Å². The van der Waals surface area contributed by atoms with Crippen LogP contribution in [0.15, 0.2) is 42.6 Å². The predicted octanol–water partition coefficient (Wildman–Crippen LogP) is 4.92. The molecule has 0 bridgehead atoms. The molecule has 0 saturated carbocycles. The standard InChI is InChI=1S/C17H21ClN2O/c1-2-3-4-12-21-15-9-7-14(8-10-15)13-20-16-6-5-11-19-17(16)18/h5-11,20H,2-4,12-13H2,1H3. The van der Waals surface area contributed by atoms with Gasteiger partial charge in [0.15, 0.2) is 5.15 Å². The number of pyridine rings is 1. The third kappa shape index (κ3) is 5.27. The molecule has 1 heterocycles. The molecule has 4 heteroatoms. The number of ether oxygens (including phenoxy) is 1. The Hall–Kier alpha value is -1.74. The van der Waals surface area contributed by atoms with Gasteiger partial charge in [-0.05, 0) is 36.2 Å². The third-order valence-electron chi connectivity index (χ3n) is 3.18. The largest absolute Gasteiger partial charge is 0.494 e. The molecule has 21 heavy (non-hydrogen) atoms. The van der Waals surface area contributed by atoms with Gasteiger partial charge in [0.05, 0.1) is 12.3 Å². The molecule has 1 aromatic heterocycles. The number of hydrogen-bond donors (Lipinski definition) is 1. The van der Waals surface area contributed by atoms with Crippen LogP contribution in [-0.2, 0) is 6.54 Å². The maximum atomic E-state index is 6.00. The van der Waals surface area contributed by atoms with E-state index in [1.807, 2.05) is 24.3 Å². The molecule has 112 valence electrons. The minimum absolute atomic E-state index is 0.494. The third-order valence-corrected chi connectivity index (χ3v) is 3.48. The number of nitrogens with zero attached hydrogens (tertiary/aromatic N) is 1. The molecule has 2 rings (SSSR count). The van der Waals surface area contributed by atoms with Gasteiger partial charge in [0.2, 0.25) is 0 Å². The maximum Gasteiger partial charge on any atom is 0.152 e. The van der Waals surface area contributed by atoms with E-state index >= 15 is 0 Å². The normalized spacial score (nSPS) is 10.4. The molecular weight excluding hydrogens is 284 g/mol. The molecule has 0 amide bonds. The topological polar surface area (TPSA) is 34.1 Å². The van der Waals surface area contributed by atoms with E-state index in [9.17, 15) is 0 Å². The van der Waals surface area contributed by atoms with E-state index < -0.39 is 0 Å². The summed E-state index contributed by atoms with van der Waals surface area (Å²) >= 11 is 6.00. The van der Waals surface area contributed by atoms with E-state index in [2.05, 4.69) is 29.4 Å². The van der Waals surface area contributed by atoms with Crippen molar-refractivity contribution in [1.29, 1.82) is 0 Å². The second kappa shape index (κ2) is 8.53. The fraction of sp³-hybridized carbons (Fsp3) is 0.353. The average Bonchev–Trinajstić information content (AvgIpc) is 2.52. The summed E-state index contributed by atoms with van der Waals surface area (Å²) in [4.78, 5) is 4.04. The zero-order valence-corrected chi connectivity index (χ0v) is 13.1. The first-order chi connectivity index (χ1) is 10.3. The fourth-order valence-electron chi connectivity index (χ4n) is 1.96. The lowest BCUT2D eigenvalue weighted by atomic mass is 10.2. The van der Waals surface area contributed by atoms with Crippen LogP contribution >= 0.6 is 11.6 Å². The Balaban J connectivity index is 1.81. The van der Waals surface area contributed by atoms with Crippen LogP contribution in [0, 0.1) is 0 Å². The summed E-state index contributed by atoms with van der Waals surface area (Å²) < 4.78 is 5.69. The van der Waals surface area contributed by atoms with Gasteiger partial charge in [0.1, 0.15) is 5.75 Å². The van der Waals surface area contributed by atoms with E-state index in [0.717, 1.165) is 24.5 Å². The van der Waals surface area contributed by atoms with Crippen molar-refractivity contribution in [2.75, 3.05) is 11.9 Å². The molecule has 0 fully saturated rings. The van der Waals surface area contributed by atoms with Gasteiger partial charge in [-0.1, -0.05) is 43.5 Å². The van der Waals surface area contributed by atoms with E-state index in [4.69, 9.17) is 16.3 Å². The molecular formula is C17H21ClN2O. The van der Waals surface area contributed by atoms with Crippen molar-refractivity contribution < 1.29 is 4.74 Å². The number of hydrogen-bond acceptors (Lipinski definition) is 3. The highest BCUT2D eigenvalue weighted by molar-refractivity contribution is 6.31. The summed E-state index contributed by atoms with van der Waals surface area (Å²) in [6, 6.07) is 11.9. The van der Waals surface area contributed by atoms with Crippen LogP contribution in [0.4, 0.5) is 5.69 Å². The van der Waals surface area contributed by atoms with Crippen LogP contribution in [-0.4, -0.2) is 11.6 Å². The van der Waals surface area contributed by atoms with E-state index in [-0.39, 0.29) is 0 Å². The lowest BCUT2D eigenvalue weighted by molar-refractivity contribution is 0.306. The van der Waals surface area contributed by atoms with Crippen LogP contribution < -0.4 is 10.1 Å². The average molecular weight is 305 g/mol. The maximum absolute atomic E-state index is 6.00. The summed E-state index contributed by atoms with van der Waals surface area (Å²) in [5, 5.41) is 3.77. The summed E-state index contributed by atoms with van der Waals surface area (Å²) in [6.07, 6.45) is 5.22. The molecule has 0 aliphatic rings. The molecule has 0 unspecified atom stereocenters. The van der Waals surface area contributed by atoms with Crippen LogP contribution in [0.2, 0.25) is 5.15 Å². The first kappa shape index (κ1) is 15.6. The predicted molar refractivity (Wildman–Crippen MR) is 88.0 cm³/mol. The van der Waals surface area contributed by atoms with Crippen LogP contribution in [0.5, 0.6) is 5.75 Å². The zero-order valence-electron chi connectivity index (χ0n) is 12.3. The first-order valence-corrected chi connectivity index (χ1v) is 7.73. The Kier molecular flexibility index (Phi) is 6.35. The molecule has 0 aliphatic carbocycles. The number of aromatic nitrogens is 1. The van der Waals surface area contributed by atoms with Gasteiger partial charge in [-0.25, -0.2) is 4.98 Å². The quantitative estimate of drug-likeness (QED) is 0.555. The van der Waals surface area contributed by atoms with Crippen LogP contribution in [0.3, 0.4) is 0 Å². The van der Waals surface area contributed by atoms with Gasteiger partial charge in [-0.3, -0.25) is 0 Å². The monoisotopic (exact) mass is 304 g/mol. The summed E-state index contributed by atoms with van der Waals surface area (Å²) in [6.45, 7) is 3.69. The van der Waals surface area contributed by atoms with Crippen molar-refractivity contribution in [1.82, 2.24) is 4.98 Å². The number of anilines is 1. The summed E-state index contributed by atoms with van der Waals surface area (Å²) in [5.41, 5.74) is 2.02. The Morgan fingerprint density at radius 1 is 1.14 bits per heavy atom. The zero-order chi connectivity index (χ0) is 14.9. The van der Waals surface area contributed by atoms with Crippen molar-refractivity contribution >= 4 is 17.3 Å². The molecule has 0 aliphatic heterocycles. The van der Waals surface area contributed by atoms with E-state index in [0.29, 0.717) is 11.7 Å². The Morgan fingerprint density at radius 2 is 1.95 bits per heavy atom. The Bertz CT molecular complexity index is 543. The van der Waals surface area contributed by atoms with Gasteiger partial charge in [-0.2, -0.15) is 0 Å². The smallest absolute Gasteiger partial charge is 0.152 e. The van der Waals surface area contributed by atoms with Gasteiger partial charge in [0.25, 0.3) is 0 Å². The van der Waals surface area contributed by atoms with Crippen molar-refractivity contribution in [3.05, 3.63) is 53.3 Å². The number of halogens is 1. The molecule has 3 nitrogen and oxygen atoms in total.